The van der Waals surface area contributed by atoms with E-state index in [0.717, 1.165) is 35.9 Å². The van der Waals surface area contributed by atoms with Gasteiger partial charge in [0.1, 0.15) is 17.4 Å². The number of nitrogens with zero attached hydrogens (tertiary/aromatic N) is 1. The molecule has 1 aliphatic rings. The molecule has 3 N–H and O–H groups in total. The summed E-state index contributed by atoms with van der Waals surface area (Å²) in [5.74, 6) is 0.0106. The van der Waals surface area contributed by atoms with E-state index < -0.39 is 11.6 Å². The van der Waals surface area contributed by atoms with Crippen LogP contribution in [0.2, 0.25) is 0 Å². The van der Waals surface area contributed by atoms with Gasteiger partial charge >= 0.3 is 0 Å². The van der Waals surface area contributed by atoms with Crippen LogP contribution < -0.4 is 15.8 Å². The molecule has 2 aromatic rings. The molecule has 23 heavy (non-hydrogen) atoms. The predicted octanol–water partition coefficient (Wildman–Crippen LogP) is 2.89. The Bertz CT molecular complexity index is 734. The fourth-order valence-corrected chi connectivity index (χ4v) is 2.55. The molecular weight excluding hydrogens is 300 g/mol. The molecule has 1 unspecified atom stereocenters. The first kappa shape index (κ1) is 15.3. The van der Waals surface area contributed by atoms with Gasteiger partial charge in [-0.1, -0.05) is 18.2 Å². The number of hydrogen-bond acceptors (Lipinski definition) is 2. The van der Waals surface area contributed by atoms with Crippen LogP contribution in [0.3, 0.4) is 0 Å². The molecular formula is C17H17F2N3O. The van der Waals surface area contributed by atoms with Crippen molar-refractivity contribution < 1.29 is 13.5 Å². The minimum atomic E-state index is -0.501. The van der Waals surface area contributed by atoms with E-state index in [4.69, 9.17) is 10.5 Å². The molecule has 0 saturated carbocycles. The molecule has 0 bridgehead atoms. The van der Waals surface area contributed by atoms with Crippen molar-refractivity contribution in [3.63, 3.8) is 0 Å². The summed E-state index contributed by atoms with van der Waals surface area (Å²) in [5, 5.41) is 3.11. The van der Waals surface area contributed by atoms with E-state index in [1.807, 2.05) is 24.3 Å². The van der Waals surface area contributed by atoms with Gasteiger partial charge in [-0.05, 0) is 24.3 Å². The summed E-state index contributed by atoms with van der Waals surface area (Å²) in [4.78, 5) is 4.10. The number of nitrogens with one attached hydrogen (secondary N) is 1. The Morgan fingerprint density at radius 2 is 2.09 bits per heavy atom. The average Bonchev–Trinajstić information content (AvgIpc) is 2.56. The maximum absolute atomic E-state index is 13.6. The van der Waals surface area contributed by atoms with E-state index in [2.05, 4.69) is 10.3 Å². The normalized spacial score (nSPS) is 17.3. The number of rotatable bonds is 3. The molecule has 1 aliphatic heterocycles. The molecule has 0 fully saturated rings. The highest BCUT2D eigenvalue weighted by Gasteiger charge is 2.21. The zero-order valence-corrected chi connectivity index (χ0v) is 12.4. The van der Waals surface area contributed by atoms with Crippen molar-refractivity contribution in [1.29, 1.82) is 0 Å². The fourth-order valence-electron chi connectivity index (χ4n) is 2.55. The molecule has 0 amide bonds. The molecule has 3 rings (SSSR count). The maximum Gasteiger partial charge on any atom is 0.189 e. The Balaban J connectivity index is 1.70. The minimum Gasteiger partial charge on any atom is -0.493 e. The molecule has 0 radical (unpaired) electrons. The average molecular weight is 317 g/mol. The van der Waals surface area contributed by atoms with E-state index >= 15 is 0 Å². The van der Waals surface area contributed by atoms with Crippen molar-refractivity contribution in [1.82, 2.24) is 5.32 Å². The third-order valence-electron chi connectivity index (χ3n) is 3.71. The van der Waals surface area contributed by atoms with E-state index in [1.54, 1.807) is 0 Å². The van der Waals surface area contributed by atoms with Gasteiger partial charge in [-0.2, -0.15) is 0 Å². The van der Waals surface area contributed by atoms with Gasteiger partial charge in [0.15, 0.2) is 5.96 Å². The van der Waals surface area contributed by atoms with E-state index in [1.165, 1.54) is 0 Å². The molecule has 0 aliphatic carbocycles. The fraction of sp³-hybridized carbons (Fsp3) is 0.235. The molecule has 0 aromatic heterocycles. The standard InChI is InChI=1S/C17H17F2N3O/c18-12-5-6-14(19)11(9-12)10-21-17(20)22-15-7-8-23-16-4-2-1-3-13(15)16/h1-6,9,15H,7-8,10H2,(H3,20,21,22). The molecule has 2 aromatic carbocycles. The smallest absolute Gasteiger partial charge is 0.189 e. The lowest BCUT2D eigenvalue weighted by molar-refractivity contribution is 0.262. The first-order chi connectivity index (χ1) is 11.1. The quantitative estimate of drug-likeness (QED) is 0.676. The zero-order valence-electron chi connectivity index (χ0n) is 12.4. The Morgan fingerprint density at radius 1 is 1.26 bits per heavy atom. The molecule has 4 nitrogen and oxygen atoms in total. The maximum atomic E-state index is 13.6. The number of para-hydroxylation sites is 1. The van der Waals surface area contributed by atoms with Gasteiger partial charge in [0, 0.05) is 17.5 Å². The zero-order chi connectivity index (χ0) is 16.2. The third-order valence-corrected chi connectivity index (χ3v) is 3.71. The van der Waals surface area contributed by atoms with Gasteiger partial charge in [-0.3, -0.25) is 0 Å². The van der Waals surface area contributed by atoms with Crippen LogP contribution in [0, 0.1) is 11.6 Å². The van der Waals surface area contributed by atoms with Gasteiger partial charge in [-0.25, -0.2) is 13.8 Å². The summed E-state index contributed by atoms with van der Waals surface area (Å²) >= 11 is 0. The van der Waals surface area contributed by atoms with Gasteiger partial charge in [0.05, 0.1) is 19.2 Å². The Hall–Kier alpha value is -2.63. The van der Waals surface area contributed by atoms with Gasteiger partial charge in [0.25, 0.3) is 0 Å². The Labute approximate surface area is 133 Å². The number of hydrogen-bond donors (Lipinski definition) is 2. The Morgan fingerprint density at radius 3 is 2.96 bits per heavy atom. The highest BCUT2D eigenvalue weighted by atomic mass is 19.1. The van der Waals surface area contributed by atoms with Crippen molar-refractivity contribution in [3.8, 4) is 5.75 Å². The lowest BCUT2D eigenvalue weighted by Crippen LogP contribution is -2.37. The molecule has 0 spiro atoms. The summed E-state index contributed by atoms with van der Waals surface area (Å²) in [6, 6.07) is 11.0. The first-order valence-corrected chi connectivity index (χ1v) is 7.35. The monoisotopic (exact) mass is 317 g/mol. The van der Waals surface area contributed by atoms with E-state index in [9.17, 15) is 8.78 Å². The molecule has 0 saturated heterocycles. The number of halogens is 2. The van der Waals surface area contributed by atoms with Crippen molar-refractivity contribution in [3.05, 3.63) is 65.2 Å². The number of guanidine groups is 1. The Kier molecular flexibility index (Phi) is 4.41. The minimum absolute atomic E-state index is 0.0129. The highest BCUT2D eigenvalue weighted by Crippen LogP contribution is 2.31. The highest BCUT2D eigenvalue weighted by molar-refractivity contribution is 5.78. The van der Waals surface area contributed by atoms with Crippen LogP contribution in [0.1, 0.15) is 23.6 Å². The summed E-state index contributed by atoms with van der Waals surface area (Å²) in [6.45, 7) is 0.563. The van der Waals surface area contributed by atoms with Crippen molar-refractivity contribution in [2.24, 2.45) is 10.7 Å². The van der Waals surface area contributed by atoms with Gasteiger partial charge < -0.3 is 15.8 Å². The summed E-state index contributed by atoms with van der Waals surface area (Å²) in [7, 11) is 0. The summed E-state index contributed by atoms with van der Waals surface area (Å²) in [5.41, 5.74) is 7.06. The van der Waals surface area contributed by atoms with Crippen LogP contribution >= 0.6 is 0 Å². The number of nitrogens with two attached hydrogens (primary N) is 1. The van der Waals surface area contributed by atoms with Crippen molar-refractivity contribution in [2.45, 2.75) is 19.0 Å². The predicted molar refractivity (Wildman–Crippen MR) is 84.1 cm³/mol. The second kappa shape index (κ2) is 6.64. The van der Waals surface area contributed by atoms with E-state index in [0.29, 0.717) is 6.61 Å². The number of benzene rings is 2. The van der Waals surface area contributed by atoms with Crippen LogP contribution in [0.25, 0.3) is 0 Å². The second-order valence-electron chi connectivity index (χ2n) is 5.31. The lowest BCUT2D eigenvalue weighted by atomic mass is 10.0. The van der Waals surface area contributed by atoms with Crippen LogP contribution in [0.4, 0.5) is 8.78 Å². The van der Waals surface area contributed by atoms with Crippen LogP contribution in [-0.4, -0.2) is 12.6 Å². The number of fused-ring (bicyclic) bond motifs is 1. The summed E-state index contributed by atoms with van der Waals surface area (Å²) < 4.78 is 32.3. The molecule has 1 heterocycles. The van der Waals surface area contributed by atoms with E-state index in [-0.39, 0.29) is 24.1 Å². The topological polar surface area (TPSA) is 59.6 Å². The lowest BCUT2D eigenvalue weighted by Gasteiger charge is -2.26. The van der Waals surface area contributed by atoms with Crippen molar-refractivity contribution in [2.75, 3.05) is 6.61 Å². The first-order valence-electron chi connectivity index (χ1n) is 7.35. The second-order valence-corrected chi connectivity index (χ2v) is 5.31. The van der Waals surface area contributed by atoms with Crippen LogP contribution in [-0.2, 0) is 6.54 Å². The third kappa shape index (κ3) is 3.59. The van der Waals surface area contributed by atoms with Crippen LogP contribution in [0.5, 0.6) is 5.75 Å². The summed E-state index contributed by atoms with van der Waals surface area (Å²) in [6.07, 6.45) is 0.752. The van der Waals surface area contributed by atoms with Gasteiger partial charge in [-0.15, -0.1) is 0 Å². The largest absolute Gasteiger partial charge is 0.493 e. The molecule has 120 valence electrons. The van der Waals surface area contributed by atoms with Crippen LogP contribution in [0.15, 0.2) is 47.5 Å². The molecule has 6 heteroatoms. The van der Waals surface area contributed by atoms with Gasteiger partial charge in [0.2, 0.25) is 0 Å². The van der Waals surface area contributed by atoms with Crippen molar-refractivity contribution >= 4 is 5.96 Å². The SMILES string of the molecule is NC(=NCc1cc(F)ccc1F)NC1CCOc2ccccc21. The number of ether oxygens (including phenoxy) is 1. The number of aliphatic imine (C=N–C) groups is 1. The molecule has 1 atom stereocenters.